The Kier molecular flexibility index (Phi) is 5.83. The molecule has 1 unspecified atom stereocenters. The van der Waals surface area contributed by atoms with Crippen LogP contribution in [0.25, 0.3) is 16.5 Å². The van der Waals surface area contributed by atoms with Crippen molar-refractivity contribution < 1.29 is 19.4 Å². The smallest absolute Gasteiger partial charge is 0.300 e. The van der Waals surface area contributed by atoms with Crippen molar-refractivity contribution in [1.82, 2.24) is 0 Å². The van der Waals surface area contributed by atoms with Gasteiger partial charge in [-0.05, 0) is 60.5 Å². The largest absolute Gasteiger partial charge is 0.507 e. The van der Waals surface area contributed by atoms with Crippen molar-refractivity contribution >= 4 is 33.9 Å². The number of Topliss-reactive ketones (excluding diaryl/α,β-unsaturated/α-hetero) is 1. The Hall–Kier alpha value is -4.38. The number of ketones is 1. The van der Waals surface area contributed by atoms with E-state index in [1.165, 1.54) is 4.90 Å². The number of hydrogen-bond donors (Lipinski definition) is 1. The summed E-state index contributed by atoms with van der Waals surface area (Å²) >= 11 is 0. The Labute approximate surface area is 203 Å². The minimum Gasteiger partial charge on any atom is -0.507 e. The van der Waals surface area contributed by atoms with Gasteiger partial charge in [0.2, 0.25) is 0 Å². The first kappa shape index (κ1) is 22.4. The van der Waals surface area contributed by atoms with Crippen LogP contribution in [0.2, 0.25) is 0 Å². The number of benzene rings is 4. The zero-order valence-electron chi connectivity index (χ0n) is 19.5. The molecule has 0 radical (unpaired) electrons. The van der Waals surface area contributed by atoms with Gasteiger partial charge in [-0.1, -0.05) is 66.7 Å². The van der Waals surface area contributed by atoms with Gasteiger partial charge in [0, 0.05) is 11.3 Å². The topological polar surface area (TPSA) is 66.8 Å². The lowest BCUT2D eigenvalue weighted by atomic mass is 9.94. The summed E-state index contributed by atoms with van der Waals surface area (Å²) in [5.41, 5.74) is 1.78. The maximum Gasteiger partial charge on any atom is 0.300 e. The van der Waals surface area contributed by atoms with Crippen molar-refractivity contribution in [1.29, 1.82) is 0 Å². The SMILES string of the molecule is CC(C)Oc1cccc(C2/C(=C(/O)c3ccc4ccccc4c3)C(=O)C(=O)N2c2ccccc2)c1. The van der Waals surface area contributed by atoms with Gasteiger partial charge >= 0.3 is 0 Å². The third kappa shape index (κ3) is 4.17. The number of fused-ring (bicyclic) bond motifs is 1. The minimum absolute atomic E-state index is 0.0386. The minimum atomic E-state index is -0.806. The molecule has 5 nitrogen and oxygen atoms in total. The number of hydrogen-bond acceptors (Lipinski definition) is 4. The molecule has 1 saturated heterocycles. The van der Waals surface area contributed by atoms with Crippen molar-refractivity contribution in [3.05, 3.63) is 114 Å². The highest BCUT2D eigenvalue weighted by Gasteiger charge is 2.47. The number of ether oxygens (including phenoxy) is 1. The zero-order valence-corrected chi connectivity index (χ0v) is 19.5. The summed E-state index contributed by atoms with van der Waals surface area (Å²) in [6.45, 7) is 3.87. The number of amides is 1. The first-order valence-corrected chi connectivity index (χ1v) is 11.6. The number of rotatable bonds is 5. The van der Waals surface area contributed by atoms with Crippen molar-refractivity contribution in [2.24, 2.45) is 0 Å². The summed E-state index contributed by atoms with van der Waals surface area (Å²) in [6.07, 6.45) is -0.0386. The Morgan fingerprint density at radius 1 is 0.829 bits per heavy atom. The van der Waals surface area contributed by atoms with Crippen LogP contribution in [-0.2, 0) is 9.59 Å². The van der Waals surface area contributed by atoms with Gasteiger partial charge in [-0.3, -0.25) is 14.5 Å². The summed E-state index contributed by atoms with van der Waals surface area (Å²) in [7, 11) is 0. The van der Waals surface area contributed by atoms with Crippen LogP contribution in [0.1, 0.15) is 31.0 Å². The second-order valence-corrected chi connectivity index (χ2v) is 8.81. The van der Waals surface area contributed by atoms with E-state index in [2.05, 4.69) is 0 Å². The standard InChI is InChI=1S/C30H25NO4/c1-19(2)35-25-14-8-11-22(18-25)27-26(29(33)30(34)31(27)24-12-4-3-5-13-24)28(32)23-16-15-20-9-6-7-10-21(20)17-23/h3-19,27,32H,1-2H3/b28-26-. The molecule has 0 saturated carbocycles. The van der Waals surface area contributed by atoms with Gasteiger partial charge in [0.15, 0.2) is 0 Å². The van der Waals surface area contributed by atoms with Gasteiger partial charge < -0.3 is 9.84 Å². The van der Waals surface area contributed by atoms with Gasteiger partial charge in [-0.15, -0.1) is 0 Å². The van der Waals surface area contributed by atoms with E-state index in [1.807, 2.05) is 92.7 Å². The highest BCUT2D eigenvalue weighted by Crippen LogP contribution is 2.43. The number of para-hydroxylation sites is 1. The van der Waals surface area contributed by atoms with Gasteiger partial charge in [0.1, 0.15) is 11.5 Å². The lowest BCUT2D eigenvalue weighted by Gasteiger charge is -2.26. The predicted molar refractivity (Wildman–Crippen MR) is 137 cm³/mol. The average molecular weight is 464 g/mol. The van der Waals surface area contributed by atoms with E-state index in [0.717, 1.165) is 10.8 Å². The Balaban J connectivity index is 1.71. The predicted octanol–water partition coefficient (Wildman–Crippen LogP) is 6.25. The van der Waals surface area contributed by atoms with Crippen molar-refractivity contribution in [2.75, 3.05) is 4.90 Å². The molecular formula is C30H25NO4. The van der Waals surface area contributed by atoms with Gasteiger partial charge in [-0.25, -0.2) is 0 Å². The molecule has 4 aromatic carbocycles. The van der Waals surface area contributed by atoms with Crippen LogP contribution in [0.15, 0.2) is 103 Å². The van der Waals surface area contributed by atoms with E-state index in [0.29, 0.717) is 22.6 Å². The fourth-order valence-corrected chi connectivity index (χ4v) is 4.53. The first-order chi connectivity index (χ1) is 16.9. The summed E-state index contributed by atoms with van der Waals surface area (Å²) in [6, 6.07) is 28.8. The van der Waals surface area contributed by atoms with Gasteiger partial charge in [0.25, 0.3) is 11.7 Å². The van der Waals surface area contributed by atoms with E-state index in [9.17, 15) is 14.7 Å². The van der Waals surface area contributed by atoms with Crippen LogP contribution in [-0.4, -0.2) is 22.9 Å². The van der Waals surface area contributed by atoms with Crippen molar-refractivity contribution in [2.45, 2.75) is 26.0 Å². The first-order valence-electron chi connectivity index (χ1n) is 11.6. The van der Waals surface area contributed by atoms with E-state index < -0.39 is 17.7 Å². The monoisotopic (exact) mass is 463 g/mol. The van der Waals surface area contributed by atoms with E-state index in [4.69, 9.17) is 4.74 Å². The number of carbonyl (C=O) groups excluding carboxylic acids is 2. The lowest BCUT2D eigenvalue weighted by Crippen LogP contribution is -2.29. The van der Waals surface area contributed by atoms with Crippen LogP contribution in [0, 0.1) is 0 Å². The molecule has 174 valence electrons. The molecule has 1 N–H and O–H groups in total. The number of carbonyl (C=O) groups is 2. The molecule has 0 aromatic heterocycles. The molecule has 5 heteroatoms. The van der Waals surface area contributed by atoms with Crippen LogP contribution >= 0.6 is 0 Å². The maximum absolute atomic E-state index is 13.4. The van der Waals surface area contributed by atoms with Gasteiger partial charge in [0.05, 0.1) is 17.7 Å². The molecular weight excluding hydrogens is 438 g/mol. The zero-order chi connectivity index (χ0) is 24.5. The quantitative estimate of drug-likeness (QED) is 0.216. The van der Waals surface area contributed by atoms with E-state index in [-0.39, 0.29) is 17.4 Å². The van der Waals surface area contributed by atoms with Crippen molar-refractivity contribution in [3.63, 3.8) is 0 Å². The molecule has 1 aliphatic heterocycles. The third-order valence-corrected chi connectivity index (χ3v) is 6.05. The fourth-order valence-electron chi connectivity index (χ4n) is 4.53. The Morgan fingerprint density at radius 2 is 1.54 bits per heavy atom. The van der Waals surface area contributed by atoms with E-state index in [1.54, 1.807) is 18.2 Å². The number of aliphatic hydroxyl groups is 1. The molecule has 4 aromatic rings. The second kappa shape index (κ2) is 9.11. The molecule has 0 spiro atoms. The Morgan fingerprint density at radius 3 is 2.29 bits per heavy atom. The summed E-state index contributed by atoms with van der Waals surface area (Å²) < 4.78 is 5.87. The number of aliphatic hydroxyl groups excluding tert-OH is 1. The van der Waals surface area contributed by atoms with Crippen LogP contribution in [0.4, 0.5) is 5.69 Å². The molecule has 1 amide bonds. The molecule has 1 atom stereocenters. The molecule has 1 fully saturated rings. The van der Waals surface area contributed by atoms with Crippen LogP contribution < -0.4 is 9.64 Å². The molecule has 1 aliphatic rings. The highest BCUT2D eigenvalue weighted by molar-refractivity contribution is 6.51. The van der Waals surface area contributed by atoms with Crippen LogP contribution in [0.3, 0.4) is 0 Å². The normalized spacial score (nSPS) is 17.3. The molecule has 1 heterocycles. The van der Waals surface area contributed by atoms with Crippen molar-refractivity contribution in [3.8, 4) is 5.75 Å². The summed E-state index contributed by atoms with van der Waals surface area (Å²) in [4.78, 5) is 28.1. The van der Waals surface area contributed by atoms with Crippen LogP contribution in [0.5, 0.6) is 5.75 Å². The number of nitrogens with zero attached hydrogens (tertiary/aromatic N) is 1. The lowest BCUT2D eigenvalue weighted by molar-refractivity contribution is -0.132. The van der Waals surface area contributed by atoms with Gasteiger partial charge in [-0.2, -0.15) is 0 Å². The number of anilines is 1. The molecule has 0 bridgehead atoms. The second-order valence-electron chi connectivity index (χ2n) is 8.81. The summed E-state index contributed by atoms with van der Waals surface area (Å²) in [5.74, 6) is -0.979. The third-order valence-electron chi connectivity index (χ3n) is 6.05. The fraction of sp³-hybridized carbons (Fsp3) is 0.133. The summed E-state index contributed by atoms with van der Waals surface area (Å²) in [5, 5.41) is 13.4. The van der Waals surface area contributed by atoms with E-state index >= 15 is 0 Å². The molecule has 35 heavy (non-hydrogen) atoms. The molecule has 0 aliphatic carbocycles. The molecule has 5 rings (SSSR count). The maximum atomic E-state index is 13.4. The average Bonchev–Trinajstić information content (AvgIpc) is 3.14. The Bertz CT molecular complexity index is 1460. The highest BCUT2D eigenvalue weighted by atomic mass is 16.5.